The molecule has 2 rings (SSSR count). The number of alkyl halides is 1. The number of aryl methyl sites for hydroxylation is 3. The highest BCUT2D eigenvalue weighted by atomic mass is 35.5. The fraction of sp³-hybridized carbons (Fsp3) is 0.475. The van der Waals surface area contributed by atoms with Crippen molar-refractivity contribution in [3.63, 3.8) is 0 Å². The molecule has 0 bridgehead atoms. The average Bonchev–Trinajstić information content (AvgIpc) is 3.00. The van der Waals surface area contributed by atoms with Crippen molar-refractivity contribution in [3.8, 4) is 0 Å². The molecule has 0 fully saturated rings. The lowest BCUT2D eigenvalue weighted by Gasteiger charge is -2.16. The van der Waals surface area contributed by atoms with Gasteiger partial charge in [-0.1, -0.05) is 106 Å². The molecule has 0 amide bonds. The van der Waals surface area contributed by atoms with Crippen LogP contribution in [-0.2, 0) is 0 Å². The number of nitrogens with two attached hydrogens (primary N) is 1. The van der Waals surface area contributed by atoms with E-state index in [0.717, 1.165) is 23.3 Å². The third-order valence-corrected chi connectivity index (χ3v) is 6.46. The van der Waals surface area contributed by atoms with Crippen LogP contribution in [0.25, 0.3) is 0 Å². The van der Waals surface area contributed by atoms with Crippen LogP contribution in [0.4, 0.5) is 0 Å². The number of hydrogen-bond donors (Lipinski definition) is 1. The first-order chi connectivity index (χ1) is 20.4. The van der Waals surface area contributed by atoms with Crippen molar-refractivity contribution in [2.24, 2.45) is 10.7 Å². The minimum Gasteiger partial charge on any atom is -0.399 e. The zero-order chi connectivity index (χ0) is 35.0. The molecule has 1 atom stereocenters. The fourth-order valence-electron chi connectivity index (χ4n) is 3.29. The summed E-state index contributed by atoms with van der Waals surface area (Å²) in [6, 6.07) is 4.45. The van der Waals surface area contributed by atoms with Crippen LogP contribution in [0, 0.1) is 27.7 Å². The Morgan fingerprint density at radius 2 is 1.42 bits per heavy atom. The van der Waals surface area contributed by atoms with E-state index in [1.165, 1.54) is 46.2 Å². The van der Waals surface area contributed by atoms with Crippen LogP contribution in [0.5, 0.6) is 0 Å². The van der Waals surface area contributed by atoms with Crippen LogP contribution in [0.3, 0.4) is 0 Å². The van der Waals surface area contributed by atoms with Gasteiger partial charge in [0.1, 0.15) is 0 Å². The molecule has 0 saturated heterocycles. The molecule has 43 heavy (non-hydrogen) atoms. The Kier molecular flexibility index (Phi) is 41.0. The van der Waals surface area contributed by atoms with E-state index in [9.17, 15) is 0 Å². The van der Waals surface area contributed by atoms with Crippen molar-refractivity contribution >= 4 is 17.8 Å². The van der Waals surface area contributed by atoms with Crippen molar-refractivity contribution < 1.29 is 0 Å². The first-order valence-electron chi connectivity index (χ1n) is 15.7. The van der Waals surface area contributed by atoms with E-state index in [1.54, 1.807) is 12.4 Å². The van der Waals surface area contributed by atoms with Crippen LogP contribution in [-0.4, -0.2) is 11.6 Å². The Balaban J connectivity index is -0.000000143. The van der Waals surface area contributed by atoms with Gasteiger partial charge in [-0.15, -0.1) is 24.8 Å². The van der Waals surface area contributed by atoms with Gasteiger partial charge in [0, 0.05) is 18.1 Å². The Morgan fingerprint density at radius 1 is 0.930 bits per heavy atom. The van der Waals surface area contributed by atoms with Gasteiger partial charge in [-0.25, -0.2) is 0 Å². The van der Waals surface area contributed by atoms with Crippen molar-refractivity contribution in [2.45, 2.75) is 128 Å². The lowest BCUT2D eigenvalue weighted by atomic mass is 9.96. The number of benzene rings is 1. The molecule has 0 spiro atoms. The Labute approximate surface area is 275 Å². The van der Waals surface area contributed by atoms with Gasteiger partial charge in [0.15, 0.2) is 0 Å². The summed E-state index contributed by atoms with van der Waals surface area (Å²) in [7, 11) is 0. The molecule has 1 unspecified atom stereocenters. The quantitative estimate of drug-likeness (QED) is 0.153. The van der Waals surface area contributed by atoms with E-state index in [2.05, 4.69) is 90.6 Å². The van der Waals surface area contributed by atoms with Gasteiger partial charge in [-0.2, -0.15) is 0 Å². The standard InChI is InChI=1S/C10H15Cl.C10H14.C9H15N.C5H9N.2C2H6.C2H4/c1-3-4-9-6-5-8(2)10(11)7-9;1-7-5-8(2)10(4)9(3)6-7;1-5-6-9(10)8(4)7(2)3;1-3-5-6-4-2;3*1-2/h5-6,10H,3-4,7H2,1-2H3;5-6H,1-4H3;5-6H,2,10H2,1,3-4H3;3-5H,1-2H3;2*1-2H3;1-2H2/b;;6-5-,9-8+;5-3-,6-4?;;;. The zero-order valence-electron chi connectivity index (χ0n) is 30.9. The van der Waals surface area contributed by atoms with Crippen LogP contribution in [0.2, 0.25) is 0 Å². The van der Waals surface area contributed by atoms with Crippen molar-refractivity contribution in [1.82, 2.24) is 0 Å². The maximum atomic E-state index is 6.09. The molecule has 1 aliphatic carbocycles. The second-order valence-corrected chi connectivity index (χ2v) is 9.96. The van der Waals surface area contributed by atoms with E-state index < -0.39 is 0 Å². The molecule has 2 nitrogen and oxygen atoms in total. The van der Waals surface area contributed by atoms with Crippen LogP contribution in [0.1, 0.15) is 118 Å². The number of allylic oxidation sites excluding steroid dienone is 9. The molecule has 246 valence electrons. The van der Waals surface area contributed by atoms with Gasteiger partial charge in [-0.3, -0.25) is 4.99 Å². The van der Waals surface area contributed by atoms with E-state index >= 15 is 0 Å². The number of aliphatic imine (C=N–C) groups is 1. The summed E-state index contributed by atoms with van der Waals surface area (Å²) in [5.74, 6) is 0. The summed E-state index contributed by atoms with van der Waals surface area (Å²) in [5.41, 5.74) is 16.9. The van der Waals surface area contributed by atoms with Crippen LogP contribution >= 0.6 is 11.6 Å². The molecular formula is C40H69ClN2. The van der Waals surface area contributed by atoms with Crippen molar-refractivity contribution in [1.29, 1.82) is 0 Å². The summed E-state index contributed by atoms with van der Waals surface area (Å²) >= 11 is 6.09. The molecule has 3 heteroatoms. The minimum atomic E-state index is 0.251. The van der Waals surface area contributed by atoms with Crippen LogP contribution in [0.15, 0.2) is 101 Å². The highest BCUT2D eigenvalue weighted by Crippen LogP contribution is 2.25. The van der Waals surface area contributed by atoms with Crippen LogP contribution < -0.4 is 5.73 Å². The fourth-order valence-corrected chi connectivity index (χ4v) is 3.57. The average molecular weight is 613 g/mol. The molecule has 0 radical (unpaired) electrons. The normalized spacial score (nSPS) is 13.7. The largest absolute Gasteiger partial charge is 0.399 e. The predicted octanol–water partition coefficient (Wildman–Crippen LogP) is 13.4. The van der Waals surface area contributed by atoms with Gasteiger partial charge in [0.2, 0.25) is 0 Å². The third kappa shape index (κ3) is 29.0. The Hall–Kier alpha value is -2.84. The van der Waals surface area contributed by atoms with E-state index in [0.29, 0.717) is 0 Å². The molecular weight excluding hydrogens is 544 g/mol. The van der Waals surface area contributed by atoms with Gasteiger partial charge in [-0.05, 0) is 110 Å². The van der Waals surface area contributed by atoms with Gasteiger partial charge >= 0.3 is 0 Å². The number of halogens is 1. The van der Waals surface area contributed by atoms with E-state index in [1.807, 2.05) is 80.5 Å². The second-order valence-electron chi connectivity index (χ2n) is 9.43. The van der Waals surface area contributed by atoms with Crippen molar-refractivity contribution in [2.75, 3.05) is 0 Å². The maximum absolute atomic E-state index is 6.09. The molecule has 1 aromatic rings. The summed E-state index contributed by atoms with van der Waals surface area (Å²) in [5, 5.41) is 0.251. The SMILES string of the molecule is C=C.C=C(C)/C(C)=C(N)\C=C/C.CC.CC.CC=N/C=C\C.CCCC1=CC=C(C)C(Cl)C1.Cc1cc(C)c(C)c(C)c1. The Morgan fingerprint density at radius 3 is 1.74 bits per heavy atom. The summed E-state index contributed by atoms with van der Waals surface area (Å²) in [4.78, 5) is 3.78. The van der Waals surface area contributed by atoms with E-state index in [-0.39, 0.29) is 5.38 Å². The molecule has 0 heterocycles. The summed E-state index contributed by atoms with van der Waals surface area (Å²) in [6.07, 6.45) is 17.0. The molecule has 1 aliphatic rings. The molecule has 0 aromatic heterocycles. The van der Waals surface area contributed by atoms with E-state index in [4.69, 9.17) is 17.3 Å². The highest BCUT2D eigenvalue weighted by Gasteiger charge is 2.12. The maximum Gasteiger partial charge on any atom is 0.0582 e. The first-order valence-corrected chi connectivity index (χ1v) is 16.2. The minimum absolute atomic E-state index is 0.251. The summed E-state index contributed by atoms with van der Waals surface area (Å²) in [6.45, 7) is 40.4. The van der Waals surface area contributed by atoms with Gasteiger partial charge in [0.05, 0.1) is 5.38 Å². The smallest absolute Gasteiger partial charge is 0.0582 e. The van der Waals surface area contributed by atoms with Crippen molar-refractivity contribution in [3.05, 3.63) is 119 Å². The third-order valence-electron chi connectivity index (χ3n) is 5.96. The monoisotopic (exact) mass is 613 g/mol. The number of nitrogens with zero attached hydrogens (tertiary/aromatic N) is 1. The Bertz CT molecular complexity index is 984. The molecule has 0 aliphatic heterocycles. The lowest BCUT2D eigenvalue weighted by Crippen LogP contribution is -2.05. The van der Waals surface area contributed by atoms with Gasteiger partial charge in [0.25, 0.3) is 0 Å². The topological polar surface area (TPSA) is 38.4 Å². The second kappa shape index (κ2) is 35.4. The molecule has 1 aromatic carbocycles. The predicted molar refractivity (Wildman–Crippen MR) is 206 cm³/mol. The first kappa shape index (κ1) is 49.8. The summed E-state index contributed by atoms with van der Waals surface area (Å²) < 4.78 is 0. The number of rotatable bonds is 5. The zero-order valence-corrected chi connectivity index (χ0v) is 31.7. The lowest BCUT2D eigenvalue weighted by molar-refractivity contribution is 0.806. The molecule has 2 N–H and O–H groups in total. The molecule has 0 saturated carbocycles. The van der Waals surface area contributed by atoms with Gasteiger partial charge < -0.3 is 5.73 Å². The highest BCUT2D eigenvalue weighted by molar-refractivity contribution is 6.22. The number of hydrogen-bond acceptors (Lipinski definition) is 2.